The molecular weight excluding hydrogens is 1390 g/mol. The number of hydrogen-bond acceptors (Lipinski definition) is 14. The molecule has 0 aliphatic carbocycles. The third-order valence-electron chi connectivity index (χ3n) is 17.5. The molecule has 0 aromatic carbocycles. The lowest BCUT2D eigenvalue weighted by Gasteiger charge is -2.21. The zero-order valence-corrected chi connectivity index (χ0v) is 69.1. The van der Waals surface area contributed by atoms with Crippen LogP contribution in [0.15, 0.2) is 146 Å². The summed E-state index contributed by atoms with van der Waals surface area (Å²) in [6.07, 6.45) is 100. The van der Waals surface area contributed by atoms with Crippen molar-refractivity contribution in [2.45, 2.75) is 360 Å². The summed E-state index contributed by atoms with van der Waals surface area (Å²) in [5.74, 6) is -1.61. The molecule has 0 amide bonds. The van der Waals surface area contributed by atoms with Crippen molar-refractivity contribution in [1.29, 1.82) is 0 Å². The molecule has 0 spiro atoms. The Balaban J connectivity index is 4.59. The van der Waals surface area contributed by atoms with Crippen molar-refractivity contribution >= 4 is 33.6 Å². The number of carbonyl (C=O) groups is 3. The van der Waals surface area contributed by atoms with E-state index in [1.807, 2.05) is 0 Å². The molecule has 0 aromatic heterocycles. The minimum Gasteiger partial charge on any atom is -0.463 e. The summed E-state index contributed by atoms with van der Waals surface area (Å²) < 4.78 is 61.3. The van der Waals surface area contributed by atoms with Crippen LogP contribution in [0.4, 0.5) is 0 Å². The minimum absolute atomic E-state index is 0.0715. The first-order chi connectivity index (χ1) is 52.2. The molecule has 16 nitrogen and oxygen atoms in total. The molecule has 5 atom stereocenters. The van der Waals surface area contributed by atoms with E-state index in [0.29, 0.717) is 19.3 Å². The quantitative estimate of drug-likeness (QED) is 0.0146. The highest BCUT2D eigenvalue weighted by Gasteiger charge is 2.29. The molecule has 0 radical (unpaired) electrons. The van der Waals surface area contributed by atoms with Crippen molar-refractivity contribution in [1.82, 2.24) is 0 Å². The highest BCUT2D eigenvalue weighted by atomic mass is 31.2. The molecule has 0 aliphatic rings. The molecule has 0 fully saturated rings. The second kappa shape index (κ2) is 80.9. The van der Waals surface area contributed by atoms with Crippen LogP contribution in [-0.4, -0.2) is 95.9 Å². The highest BCUT2D eigenvalue weighted by Crippen LogP contribution is 2.45. The van der Waals surface area contributed by atoms with Gasteiger partial charge in [0.2, 0.25) is 0 Å². The van der Waals surface area contributed by atoms with Gasteiger partial charge in [0.15, 0.2) is 6.10 Å². The number of aliphatic hydroxyl groups excluding tert-OH is 2. The van der Waals surface area contributed by atoms with E-state index in [-0.39, 0.29) is 19.3 Å². The maximum atomic E-state index is 13.0. The van der Waals surface area contributed by atoms with Crippen LogP contribution < -0.4 is 0 Å². The molecule has 0 rings (SSSR count). The van der Waals surface area contributed by atoms with Crippen molar-refractivity contribution in [2.75, 3.05) is 39.6 Å². The van der Waals surface area contributed by atoms with Gasteiger partial charge in [0.05, 0.1) is 26.4 Å². The number of unbranched alkanes of at least 4 members (excludes halogenated alkanes) is 32. The van der Waals surface area contributed by atoms with Crippen LogP contribution in [0.25, 0.3) is 0 Å². The number of esters is 3. The van der Waals surface area contributed by atoms with Gasteiger partial charge in [0.1, 0.15) is 25.4 Å². The fourth-order valence-corrected chi connectivity index (χ4v) is 12.7. The second-order valence-corrected chi connectivity index (χ2v) is 30.8. The Bertz CT molecular complexity index is 2530. The van der Waals surface area contributed by atoms with Crippen molar-refractivity contribution in [3.05, 3.63) is 146 Å². The summed E-state index contributed by atoms with van der Waals surface area (Å²) in [5, 5.41) is 20.7. The topological polar surface area (TPSA) is 231 Å². The molecule has 18 heteroatoms. The van der Waals surface area contributed by atoms with Gasteiger partial charge >= 0.3 is 33.6 Å². The van der Waals surface area contributed by atoms with Gasteiger partial charge < -0.3 is 34.2 Å². The number of aliphatic hydroxyl groups is 2. The summed E-state index contributed by atoms with van der Waals surface area (Å²) in [6.45, 7) is 2.50. The van der Waals surface area contributed by atoms with E-state index >= 15 is 0 Å². The van der Waals surface area contributed by atoms with Gasteiger partial charge in [-0.1, -0.05) is 321 Å². The zero-order chi connectivity index (χ0) is 78.0. The first kappa shape index (κ1) is 102. The largest absolute Gasteiger partial charge is 0.472 e. The first-order valence-electron chi connectivity index (χ1n) is 42.1. The van der Waals surface area contributed by atoms with E-state index in [2.05, 4.69) is 167 Å². The predicted octanol–water partition coefficient (Wildman–Crippen LogP) is 25.2. The van der Waals surface area contributed by atoms with Crippen LogP contribution in [0.1, 0.15) is 342 Å². The first-order valence-corrected chi connectivity index (χ1v) is 45.1. The Kier molecular flexibility index (Phi) is 77.5. The third-order valence-corrected chi connectivity index (χ3v) is 19.4. The molecule has 4 N–H and O–H groups in total. The SMILES string of the molecule is CC/C=C\C/C=C\C/C=C\C/C=C\CCCCCCC(=O)OC(COC(=O)CCCCCCCCCCC/C=C\C/C=C\C/C=C\C/C=C\CCCCC)COP(=O)(O)OCC(O)COP(=O)(O)OCC(O)COC(=O)CCCCCCCCCCCCCCC/C=C\C/C=C\C/C=C\C/C=C\CCCCC. The smallest absolute Gasteiger partial charge is 0.463 e. The molecular formula is C89H152O16P2. The average molecular weight is 1540 g/mol. The molecule has 5 unspecified atom stereocenters. The Morgan fingerprint density at radius 3 is 0.785 bits per heavy atom. The van der Waals surface area contributed by atoms with Crippen LogP contribution in [0.5, 0.6) is 0 Å². The predicted molar refractivity (Wildman–Crippen MR) is 445 cm³/mol. The van der Waals surface area contributed by atoms with Crippen molar-refractivity contribution in [3.8, 4) is 0 Å². The molecule has 107 heavy (non-hydrogen) atoms. The van der Waals surface area contributed by atoms with E-state index in [1.54, 1.807) is 0 Å². The van der Waals surface area contributed by atoms with Crippen LogP contribution >= 0.6 is 15.6 Å². The van der Waals surface area contributed by atoms with Crippen LogP contribution in [0.3, 0.4) is 0 Å². The Morgan fingerprint density at radius 1 is 0.271 bits per heavy atom. The maximum absolute atomic E-state index is 13.0. The van der Waals surface area contributed by atoms with E-state index in [0.717, 1.165) is 148 Å². The fourth-order valence-electron chi connectivity index (χ4n) is 11.1. The number of allylic oxidation sites excluding steroid dienone is 24. The lowest BCUT2D eigenvalue weighted by Crippen LogP contribution is -2.30. The number of hydrogen-bond donors (Lipinski definition) is 4. The molecule has 0 bridgehead atoms. The zero-order valence-electron chi connectivity index (χ0n) is 67.3. The highest BCUT2D eigenvalue weighted by molar-refractivity contribution is 7.47. The molecule has 0 aliphatic heterocycles. The van der Waals surface area contributed by atoms with E-state index in [4.69, 9.17) is 32.3 Å². The van der Waals surface area contributed by atoms with Gasteiger partial charge in [-0.05, 0) is 148 Å². The molecule has 0 heterocycles. The van der Waals surface area contributed by atoms with Crippen LogP contribution in [0.2, 0.25) is 0 Å². The number of phosphoric ester groups is 2. The summed E-state index contributed by atoms with van der Waals surface area (Å²) in [5.41, 5.74) is 0. The number of ether oxygens (including phenoxy) is 3. The molecule has 0 saturated heterocycles. The van der Waals surface area contributed by atoms with Crippen molar-refractivity contribution in [2.24, 2.45) is 0 Å². The lowest BCUT2D eigenvalue weighted by atomic mass is 10.0. The monoisotopic (exact) mass is 1540 g/mol. The Labute approximate surface area is 651 Å². The normalized spacial score (nSPS) is 14.6. The van der Waals surface area contributed by atoms with Gasteiger partial charge in [0, 0.05) is 19.3 Å². The van der Waals surface area contributed by atoms with Gasteiger partial charge in [-0.25, -0.2) is 9.13 Å². The van der Waals surface area contributed by atoms with Gasteiger partial charge in [-0.3, -0.25) is 32.5 Å². The van der Waals surface area contributed by atoms with Crippen LogP contribution in [-0.2, 0) is 55.8 Å². The third kappa shape index (κ3) is 82.2. The summed E-state index contributed by atoms with van der Waals surface area (Å²) in [6, 6.07) is 0. The van der Waals surface area contributed by atoms with Crippen LogP contribution in [0, 0.1) is 0 Å². The minimum atomic E-state index is -4.95. The number of rotatable bonds is 79. The molecule has 614 valence electrons. The standard InChI is InChI=1S/C89H152O16P2/c1-4-7-10-13-16-19-22-25-28-31-33-35-37-39-40-41-42-44-46-47-49-52-54-57-60-63-66-69-72-75-87(92)99-78-84(90)79-101-106(95,96)102-80-85(91)81-103-107(97,98)104-83-86(105-89(94)77-74-71-68-65-62-59-56-51-30-27-24-21-18-15-12-9-6-3)82-100-88(93)76-73-70-67-64-61-58-55-53-50-48-45-43-38-36-34-32-29-26-23-20-17-14-11-8-5-2/h9,12,16-21,25-30,33-36,39-40,43,45,56,59,84-86,90-91H,4-8,10-11,13-15,22-24,31-32,37-38,41-42,44,46-55,57-58,60-83H2,1-3H3,(H,95,96)(H,97,98)/b12-9-,19-16-,20-17-,21-18-,28-25-,29-26-,30-27-,35-33-,36-34-,40-39-,45-43-,59-56-. The fraction of sp³-hybridized carbons (Fsp3) is 0.697. The Hall–Kier alpha value is -4.57. The van der Waals surface area contributed by atoms with Gasteiger partial charge in [0.25, 0.3) is 0 Å². The van der Waals surface area contributed by atoms with Gasteiger partial charge in [-0.2, -0.15) is 0 Å². The van der Waals surface area contributed by atoms with E-state index in [1.165, 1.54) is 135 Å². The van der Waals surface area contributed by atoms with Crippen molar-refractivity contribution in [3.63, 3.8) is 0 Å². The van der Waals surface area contributed by atoms with Gasteiger partial charge in [-0.15, -0.1) is 0 Å². The summed E-state index contributed by atoms with van der Waals surface area (Å²) >= 11 is 0. The Morgan fingerprint density at radius 2 is 0.495 bits per heavy atom. The number of phosphoric acid groups is 2. The summed E-state index contributed by atoms with van der Waals surface area (Å²) in [4.78, 5) is 58.8. The maximum Gasteiger partial charge on any atom is 0.472 e. The number of carbonyl (C=O) groups excluding carboxylic acids is 3. The lowest BCUT2D eigenvalue weighted by molar-refractivity contribution is -0.161. The van der Waals surface area contributed by atoms with E-state index < -0.39 is 91.5 Å². The summed E-state index contributed by atoms with van der Waals surface area (Å²) in [7, 11) is -9.81. The average Bonchev–Trinajstić information content (AvgIpc) is 0.958. The molecule has 0 saturated carbocycles. The van der Waals surface area contributed by atoms with E-state index in [9.17, 15) is 43.5 Å². The molecule has 0 aromatic rings. The second-order valence-electron chi connectivity index (χ2n) is 27.9. The van der Waals surface area contributed by atoms with Crippen molar-refractivity contribution < 1.29 is 75.8 Å².